The van der Waals surface area contributed by atoms with Gasteiger partial charge in [0.15, 0.2) is 6.29 Å². The first-order chi connectivity index (χ1) is 8.28. The standard InChI is InChI=1S/C8H16O8P2/c9-8(16-18(12,13)14)7-3-1-6(2-4-7)5-15-17(10)11/h6-9H,1-5H2,(H2-,10,11,12,13,14)/p+1. The number of aliphatic hydroxyl groups excluding tert-OH is 1. The van der Waals surface area contributed by atoms with Crippen molar-refractivity contribution in [2.75, 3.05) is 6.61 Å². The highest BCUT2D eigenvalue weighted by Gasteiger charge is 2.32. The molecule has 1 aliphatic carbocycles. The highest BCUT2D eigenvalue weighted by atomic mass is 31.2. The lowest BCUT2D eigenvalue weighted by molar-refractivity contribution is -0.0901. The van der Waals surface area contributed by atoms with E-state index in [4.69, 9.17) is 14.7 Å². The molecule has 2 atom stereocenters. The second kappa shape index (κ2) is 7.03. The molecule has 8 nitrogen and oxygen atoms in total. The first kappa shape index (κ1) is 16.1. The van der Waals surface area contributed by atoms with E-state index in [1.807, 2.05) is 0 Å². The SMILES string of the molecule is O=[P+](O)OCC1CCC(C(O)OP(=O)(O)O)CC1. The highest BCUT2D eigenvalue weighted by Crippen LogP contribution is 2.41. The fourth-order valence-corrected chi connectivity index (χ4v) is 2.83. The molecule has 2 unspecified atom stereocenters. The Morgan fingerprint density at radius 1 is 1.28 bits per heavy atom. The van der Waals surface area contributed by atoms with Crippen LogP contribution in [-0.4, -0.2) is 32.7 Å². The van der Waals surface area contributed by atoms with Gasteiger partial charge >= 0.3 is 16.1 Å². The molecule has 0 spiro atoms. The van der Waals surface area contributed by atoms with Crippen molar-refractivity contribution in [3.05, 3.63) is 0 Å². The van der Waals surface area contributed by atoms with Crippen molar-refractivity contribution < 1.29 is 38.0 Å². The molecule has 1 aliphatic rings. The molecule has 0 bridgehead atoms. The number of hydrogen-bond donors (Lipinski definition) is 4. The minimum absolute atomic E-state index is 0.120. The fraction of sp³-hybridized carbons (Fsp3) is 1.00. The predicted octanol–water partition coefficient (Wildman–Crippen LogP) is 0.887. The van der Waals surface area contributed by atoms with Crippen molar-refractivity contribution >= 4 is 16.1 Å². The third-order valence-corrected chi connectivity index (χ3v) is 3.82. The number of phosphoric ester groups is 1. The Morgan fingerprint density at radius 2 is 1.83 bits per heavy atom. The molecule has 0 saturated heterocycles. The van der Waals surface area contributed by atoms with Gasteiger partial charge in [-0.2, -0.15) is 0 Å². The van der Waals surface area contributed by atoms with Crippen molar-refractivity contribution in [1.29, 1.82) is 0 Å². The van der Waals surface area contributed by atoms with Crippen LogP contribution in [0, 0.1) is 11.8 Å². The summed E-state index contributed by atoms with van der Waals surface area (Å²) in [5, 5.41) is 9.48. The van der Waals surface area contributed by atoms with Crippen LogP contribution in [0.25, 0.3) is 0 Å². The van der Waals surface area contributed by atoms with Gasteiger partial charge in [-0.25, -0.2) is 4.57 Å². The van der Waals surface area contributed by atoms with Crippen molar-refractivity contribution in [3.8, 4) is 0 Å². The molecule has 1 saturated carbocycles. The molecule has 0 aliphatic heterocycles. The molecule has 0 aromatic heterocycles. The van der Waals surface area contributed by atoms with Crippen LogP contribution in [-0.2, 0) is 18.2 Å². The monoisotopic (exact) mass is 303 g/mol. The summed E-state index contributed by atoms with van der Waals surface area (Å²) in [4.78, 5) is 25.6. The minimum atomic E-state index is -4.68. The molecule has 0 aromatic rings. The van der Waals surface area contributed by atoms with E-state index < -0.39 is 22.4 Å². The summed E-state index contributed by atoms with van der Waals surface area (Å²) >= 11 is 0. The van der Waals surface area contributed by atoms with Crippen molar-refractivity contribution in [2.24, 2.45) is 11.8 Å². The van der Waals surface area contributed by atoms with Crippen molar-refractivity contribution in [3.63, 3.8) is 0 Å². The van der Waals surface area contributed by atoms with E-state index in [1.54, 1.807) is 0 Å². The Balaban J connectivity index is 2.30. The van der Waals surface area contributed by atoms with Gasteiger partial charge in [0.25, 0.3) is 0 Å². The average molecular weight is 303 g/mol. The lowest BCUT2D eigenvalue weighted by Crippen LogP contribution is -2.28. The zero-order valence-corrected chi connectivity index (χ0v) is 11.4. The van der Waals surface area contributed by atoms with Crippen LogP contribution in [0.2, 0.25) is 0 Å². The van der Waals surface area contributed by atoms with Crippen LogP contribution in [0.5, 0.6) is 0 Å². The van der Waals surface area contributed by atoms with Crippen LogP contribution < -0.4 is 0 Å². The molecule has 0 radical (unpaired) electrons. The van der Waals surface area contributed by atoms with E-state index in [1.165, 1.54) is 0 Å². The Hall–Kier alpha value is 0.0900. The normalized spacial score (nSPS) is 27.9. The van der Waals surface area contributed by atoms with Gasteiger partial charge in [0.2, 0.25) is 0 Å². The molecular formula is C8H17O8P2+. The summed E-state index contributed by atoms with van der Waals surface area (Å²) < 4.78 is 29.7. The van der Waals surface area contributed by atoms with Gasteiger partial charge in [0.1, 0.15) is 6.61 Å². The molecule has 0 amide bonds. The maximum atomic E-state index is 10.6. The number of rotatable bonds is 6. The molecule has 18 heavy (non-hydrogen) atoms. The van der Waals surface area contributed by atoms with E-state index in [0.717, 1.165) is 0 Å². The number of aliphatic hydroxyl groups is 1. The summed E-state index contributed by atoms with van der Waals surface area (Å²) in [6.07, 6.45) is 0.863. The summed E-state index contributed by atoms with van der Waals surface area (Å²) in [6.45, 7) is 0.174. The van der Waals surface area contributed by atoms with E-state index >= 15 is 0 Å². The molecule has 4 N–H and O–H groups in total. The fourth-order valence-electron chi connectivity index (χ4n) is 2.04. The Morgan fingerprint density at radius 3 is 2.28 bits per heavy atom. The zero-order chi connectivity index (χ0) is 13.8. The second-order valence-corrected chi connectivity index (χ2v) is 6.23. The molecule has 0 heterocycles. The number of phosphoric acid groups is 1. The minimum Gasteiger partial charge on any atom is -0.367 e. The Labute approximate surface area is 105 Å². The maximum absolute atomic E-state index is 10.6. The van der Waals surface area contributed by atoms with E-state index in [0.29, 0.717) is 25.7 Å². The summed E-state index contributed by atoms with van der Waals surface area (Å²) in [5.74, 6) is -0.216. The third kappa shape index (κ3) is 6.31. The maximum Gasteiger partial charge on any atom is 0.694 e. The van der Waals surface area contributed by atoms with Crippen LogP contribution in [0.15, 0.2) is 0 Å². The van der Waals surface area contributed by atoms with Gasteiger partial charge in [-0.3, -0.25) is 4.52 Å². The van der Waals surface area contributed by atoms with E-state index in [-0.39, 0.29) is 18.4 Å². The average Bonchev–Trinajstić information content (AvgIpc) is 2.24. The van der Waals surface area contributed by atoms with Gasteiger partial charge in [0, 0.05) is 10.5 Å². The summed E-state index contributed by atoms with van der Waals surface area (Å²) in [6, 6.07) is 0. The quantitative estimate of drug-likeness (QED) is 0.420. The molecule has 106 valence electrons. The van der Waals surface area contributed by atoms with Crippen molar-refractivity contribution in [1.82, 2.24) is 0 Å². The first-order valence-electron chi connectivity index (χ1n) is 5.49. The summed E-state index contributed by atoms with van der Waals surface area (Å²) in [7, 11) is -7.27. The molecule has 1 rings (SSSR count). The van der Waals surface area contributed by atoms with Crippen molar-refractivity contribution in [2.45, 2.75) is 32.0 Å². The zero-order valence-electron chi connectivity index (χ0n) is 9.58. The lowest BCUT2D eigenvalue weighted by Gasteiger charge is -2.30. The van der Waals surface area contributed by atoms with Crippen LogP contribution in [0.3, 0.4) is 0 Å². The number of hydrogen-bond acceptors (Lipinski definition) is 5. The second-order valence-electron chi connectivity index (χ2n) is 4.30. The van der Waals surface area contributed by atoms with Crippen LogP contribution in [0.4, 0.5) is 0 Å². The van der Waals surface area contributed by atoms with Gasteiger partial charge in [0.05, 0.1) is 0 Å². The van der Waals surface area contributed by atoms with Crippen LogP contribution in [0.1, 0.15) is 25.7 Å². The highest BCUT2D eigenvalue weighted by molar-refractivity contribution is 7.46. The largest absolute Gasteiger partial charge is 0.694 e. The summed E-state index contributed by atoms with van der Waals surface area (Å²) in [5.41, 5.74) is 0. The smallest absolute Gasteiger partial charge is 0.367 e. The topological polar surface area (TPSA) is 134 Å². The van der Waals surface area contributed by atoms with Gasteiger partial charge < -0.3 is 14.9 Å². The van der Waals surface area contributed by atoms with Gasteiger partial charge in [-0.05, 0) is 31.6 Å². The van der Waals surface area contributed by atoms with Gasteiger partial charge in [-0.1, -0.05) is 0 Å². The molecule has 1 fully saturated rings. The predicted molar refractivity (Wildman–Crippen MR) is 60.4 cm³/mol. The molecule has 10 heteroatoms. The first-order valence-corrected chi connectivity index (χ1v) is 8.15. The Kier molecular flexibility index (Phi) is 6.30. The lowest BCUT2D eigenvalue weighted by atomic mass is 9.82. The molecule has 0 aromatic carbocycles. The van der Waals surface area contributed by atoms with E-state index in [9.17, 15) is 14.2 Å². The molecular weight excluding hydrogens is 286 g/mol. The van der Waals surface area contributed by atoms with Gasteiger partial charge in [-0.15, -0.1) is 9.42 Å². The Bertz CT molecular complexity index is 321. The van der Waals surface area contributed by atoms with Crippen LogP contribution >= 0.6 is 16.1 Å². The van der Waals surface area contributed by atoms with E-state index in [2.05, 4.69) is 9.05 Å². The third-order valence-electron chi connectivity index (χ3n) is 2.96.